The van der Waals surface area contributed by atoms with E-state index in [2.05, 4.69) is 25.7 Å². The van der Waals surface area contributed by atoms with E-state index in [9.17, 15) is 0 Å². The van der Waals surface area contributed by atoms with Crippen molar-refractivity contribution in [1.29, 1.82) is 0 Å². The van der Waals surface area contributed by atoms with Gasteiger partial charge in [-0.1, -0.05) is 20.8 Å². The van der Waals surface area contributed by atoms with Crippen LogP contribution in [0.25, 0.3) is 0 Å². The Kier molecular flexibility index (Phi) is 4.79. The standard InChI is InChI=1S/C12H25N/c1-11(2)6-9-13-8-4-5-12(3)7-10-13/h11-12H,4-10H2,1-3H3. The summed E-state index contributed by atoms with van der Waals surface area (Å²) in [6.07, 6.45) is 5.64. The van der Waals surface area contributed by atoms with Crippen LogP contribution in [-0.2, 0) is 0 Å². The number of rotatable bonds is 3. The van der Waals surface area contributed by atoms with Crippen LogP contribution in [0.3, 0.4) is 0 Å². The summed E-state index contributed by atoms with van der Waals surface area (Å²) in [5.41, 5.74) is 0. The lowest BCUT2D eigenvalue weighted by Gasteiger charge is -2.20. The summed E-state index contributed by atoms with van der Waals surface area (Å²) in [5.74, 6) is 1.82. The van der Waals surface area contributed by atoms with Gasteiger partial charge in [-0.3, -0.25) is 0 Å². The van der Waals surface area contributed by atoms with Gasteiger partial charge in [0.2, 0.25) is 0 Å². The lowest BCUT2D eigenvalue weighted by Crippen LogP contribution is -2.26. The van der Waals surface area contributed by atoms with Gasteiger partial charge in [-0.05, 0) is 57.2 Å². The van der Waals surface area contributed by atoms with Crippen molar-refractivity contribution in [2.45, 2.75) is 46.5 Å². The molecule has 1 rings (SSSR count). The fraction of sp³-hybridized carbons (Fsp3) is 1.00. The molecule has 0 aromatic heterocycles. The zero-order chi connectivity index (χ0) is 9.68. The summed E-state index contributed by atoms with van der Waals surface area (Å²) in [5, 5.41) is 0. The predicted octanol–water partition coefficient (Wildman–Crippen LogP) is 3.15. The predicted molar refractivity (Wildman–Crippen MR) is 58.9 cm³/mol. The van der Waals surface area contributed by atoms with Crippen molar-refractivity contribution in [3.63, 3.8) is 0 Å². The van der Waals surface area contributed by atoms with Gasteiger partial charge in [0.05, 0.1) is 0 Å². The van der Waals surface area contributed by atoms with Crippen molar-refractivity contribution in [3.8, 4) is 0 Å². The van der Waals surface area contributed by atoms with Crippen molar-refractivity contribution >= 4 is 0 Å². The summed E-state index contributed by atoms with van der Waals surface area (Å²) in [7, 11) is 0. The molecule has 0 saturated carbocycles. The van der Waals surface area contributed by atoms with Crippen LogP contribution in [0, 0.1) is 11.8 Å². The zero-order valence-corrected chi connectivity index (χ0v) is 9.55. The summed E-state index contributed by atoms with van der Waals surface area (Å²) < 4.78 is 0. The van der Waals surface area contributed by atoms with E-state index in [1.54, 1.807) is 0 Å². The van der Waals surface area contributed by atoms with E-state index in [0.29, 0.717) is 0 Å². The molecule has 78 valence electrons. The first-order chi connectivity index (χ1) is 6.18. The molecule has 0 radical (unpaired) electrons. The fourth-order valence-electron chi connectivity index (χ4n) is 1.99. The van der Waals surface area contributed by atoms with Gasteiger partial charge in [0.15, 0.2) is 0 Å². The van der Waals surface area contributed by atoms with E-state index in [1.165, 1.54) is 45.3 Å². The molecule has 0 N–H and O–H groups in total. The topological polar surface area (TPSA) is 3.24 Å². The molecule has 1 atom stereocenters. The number of hydrogen-bond donors (Lipinski definition) is 0. The normalized spacial score (nSPS) is 26.3. The molecule has 1 nitrogen and oxygen atoms in total. The highest BCUT2D eigenvalue weighted by molar-refractivity contribution is 4.67. The number of likely N-dealkylation sites (tertiary alicyclic amines) is 1. The molecule has 1 aliphatic rings. The SMILES string of the molecule is CC(C)CCN1CCCC(C)CC1. The molecule has 1 fully saturated rings. The molecule has 1 saturated heterocycles. The molecule has 1 heteroatoms. The molecule has 0 aromatic carbocycles. The third-order valence-electron chi connectivity index (χ3n) is 3.13. The average molecular weight is 183 g/mol. The largest absolute Gasteiger partial charge is 0.303 e. The van der Waals surface area contributed by atoms with Gasteiger partial charge in [-0.2, -0.15) is 0 Å². The Bertz CT molecular complexity index is 131. The highest BCUT2D eigenvalue weighted by Crippen LogP contribution is 2.17. The first-order valence-corrected chi connectivity index (χ1v) is 5.91. The van der Waals surface area contributed by atoms with Gasteiger partial charge in [-0.25, -0.2) is 0 Å². The fourth-order valence-corrected chi connectivity index (χ4v) is 1.99. The van der Waals surface area contributed by atoms with Crippen molar-refractivity contribution in [2.24, 2.45) is 11.8 Å². The smallest absolute Gasteiger partial charge is 0.00162 e. The minimum absolute atomic E-state index is 0.862. The van der Waals surface area contributed by atoms with Gasteiger partial charge in [0.25, 0.3) is 0 Å². The van der Waals surface area contributed by atoms with Crippen LogP contribution in [0.5, 0.6) is 0 Å². The Hall–Kier alpha value is -0.0400. The molecule has 0 amide bonds. The second kappa shape index (κ2) is 5.64. The summed E-state index contributed by atoms with van der Waals surface area (Å²) in [6, 6.07) is 0. The van der Waals surface area contributed by atoms with E-state index < -0.39 is 0 Å². The van der Waals surface area contributed by atoms with Crippen LogP contribution in [0.2, 0.25) is 0 Å². The van der Waals surface area contributed by atoms with Crippen LogP contribution in [-0.4, -0.2) is 24.5 Å². The van der Waals surface area contributed by atoms with Crippen molar-refractivity contribution < 1.29 is 0 Å². The van der Waals surface area contributed by atoms with Crippen molar-refractivity contribution in [1.82, 2.24) is 4.90 Å². The summed E-state index contributed by atoms with van der Waals surface area (Å²) in [6.45, 7) is 11.0. The maximum atomic E-state index is 2.66. The Labute approximate surface area is 83.5 Å². The molecule has 0 aromatic rings. The second-order valence-corrected chi connectivity index (χ2v) is 5.06. The molecule has 0 bridgehead atoms. The number of hydrogen-bond acceptors (Lipinski definition) is 1. The van der Waals surface area contributed by atoms with E-state index in [1.807, 2.05) is 0 Å². The average Bonchev–Trinajstić information content (AvgIpc) is 2.27. The van der Waals surface area contributed by atoms with Crippen LogP contribution >= 0.6 is 0 Å². The van der Waals surface area contributed by atoms with Crippen LogP contribution in [0.4, 0.5) is 0 Å². The van der Waals surface area contributed by atoms with E-state index >= 15 is 0 Å². The highest BCUT2D eigenvalue weighted by Gasteiger charge is 2.13. The van der Waals surface area contributed by atoms with Crippen LogP contribution in [0.15, 0.2) is 0 Å². The van der Waals surface area contributed by atoms with E-state index in [-0.39, 0.29) is 0 Å². The lowest BCUT2D eigenvalue weighted by molar-refractivity contribution is 0.265. The van der Waals surface area contributed by atoms with E-state index in [0.717, 1.165) is 11.8 Å². The Morgan fingerprint density at radius 2 is 2.00 bits per heavy atom. The third kappa shape index (κ3) is 4.66. The maximum absolute atomic E-state index is 2.66. The van der Waals surface area contributed by atoms with Crippen LogP contribution < -0.4 is 0 Å². The minimum atomic E-state index is 0.862. The quantitative estimate of drug-likeness (QED) is 0.649. The molecular weight excluding hydrogens is 158 g/mol. The molecule has 1 aliphatic heterocycles. The summed E-state index contributed by atoms with van der Waals surface area (Å²) in [4.78, 5) is 2.66. The number of nitrogens with zero attached hydrogens (tertiary/aromatic N) is 1. The zero-order valence-electron chi connectivity index (χ0n) is 9.55. The third-order valence-corrected chi connectivity index (χ3v) is 3.13. The van der Waals surface area contributed by atoms with Crippen LogP contribution in [0.1, 0.15) is 46.5 Å². The van der Waals surface area contributed by atoms with Gasteiger partial charge < -0.3 is 4.90 Å². The Morgan fingerprint density at radius 1 is 1.23 bits per heavy atom. The van der Waals surface area contributed by atoms with Crippen molar-refractivity contribution in [3.05, 3.63) is 0 Å². The van der Waals surface area contributed by atoms with Gasteiger partial charge >= 0.3 is 0 Å². The molecule has 13 heavy (non-hydrogen) atoms. The molecule has 1 heterocycles. The molecule has 1 unspecified atom stereocenters. The summed E-state index contributed by atoms with van der Waals surface area (Å²) >= 11 is 0. The highest BCUT2D eigenvalue weighted by atomic mass is 15.1. The second-order valence-electron chi connectivity index (χ2n) is 5.06. The van der Waals surface area contributed by atoms with Crippen molar-refractivity contribution in [2.75, 3.05) is 19.6 Å². The maximum Gasteiger partial charge on any atom is -0.00162 e. The molecule has 0 aliphatic carbocycles. The Balaban J connectivity index is 2.18. The molecular formula is C12H25N. The monoisotopic (exact) mass is 183 g/mol. The Morgan fingerprint density at radius 3 is 2.69 bits per heavy atom. The van der Waals surface area contributed by atoms with Gasteiger partial charge in [0, 0.05) is 0 Å². The lowest BCUT2D eigenvalue weighted by atomic mass is 10.0. The first kappa shape index (κ1) is 11.0. The molecule has 0 spiro atoms. The van der Waals surface area contributed by atoms with E-state index in [4.69, 9.17) is 0 Å². The minimum Gasteiger partial charge on any atom is -0.303 e. The van der Waals surface area contributed by atoms with Gasteiger partial charge in [-0.15, -0.1) is 0 Å². The van der Waals surface area contributed by atoms with Gasteiger partial charge in [0.1, 0.15) is 0 Å². The first-order valence-electron chi connectivity index (χ1n) is 5.91.